The number of anilines is 1. The molecule has 0 spiro atoms. The summed E-state index contributed by atoms with van der Waals surface area (Å²) < 4.78 is 26.5. The van der Waals surface area contributed by atoms with E-state index in [0.29, 0.717) is 10.8 Å². The van der Waals surface area contributed by atoms with Gasteiger partial charge in [0.15, 0.2) is 9.84 Å². The number of nitrogens with one attached hydrogen (secondary N) is 1. The Morgan fingerprint density at radius 3 is 2.59 bits per heavy atom. The van der Waals surface area contributed by atoms with Crippen LogP contribution in [0.4, 0.5) is 5.69 Å². The Morgan fingerprint density at radius 1 is 1.15 bits per heavy atom. The molecule has 3 nitrogen and oxygen atoms in total. The second-order valence-corrected chi connectivity index (χ2v) is 10.9. The van der Waals surface area contributed by atoms with E-state index in [2.05, 4.69) is 57.7 Å². The highest BCUT2D eigenvalue weighted by Crippen LogP contribution is 2.50. The number of benzene rings is 2. The first-order valence-corrected chi connectivity index (χ1v) is 11.8. The van der Waals surface area contributed by atoms with Crippen LogP contribution in [-0.2, 0) is 9.84 Å². The number of allylic oxidation sites excluding steroid dienone is 2. The van der Waals surface area contributed by atoms with Crippen LogP contribution in [0.1, 0.15) is 43.4 Å². The number of hydrogen-bond donors (Lipinski definition) is 1. The molecule has 0 saturated carbocycles. The predicted molar refractivity (Wildman–Crippen MR) is 114 cm³/mol. The zero-order valence-electron chi connectivity index (χ0n) is 15.5. The summed E-state index contributed by atoms with van der Waals surface area (Å²) in [5.41, 5.74) is 3.41. The first-order chi connectivity index (χ1) is 12.8. The molecule has 0 radical (unpaired) electrons. The average Bonchev–Trinajstić information content (AvgIpc) is 3.10. The van der Waals surface area contributed by atoms with Gasteiger partial charge in [-0.3, -0.25) is 0 Å². The maximum atomic E-state index is 12.7. The maximum Gasteiger partial charge on any atom is 0.178 e. The van der Waals surface area contributed by atoms with Crippen LogP contribution in [0.15, 0.2) is 64.0 Å². The minimum absolute atomic E-state index is 0.116. The molecule has 0 bridgehead atoms. The molecule has 0 fully saturated rings. The number of halogens is 1. The monoisotopic (exact) mass is 445 g/mol. The summed E-state index contributed by atoms with van der Waals surface area (Å²) in [7, 11) is -3.25. The van der Waals surface area contributed by atoms with Crippen molar-refractivity contribution in [3.63, 3.8) is 0 Å². The summed E-state index contributed by atoms with van der Waals surface area (Å²) in [5, 5.41) is 3.67. The van der Waals surface area contributed by atoms with Gasteiger partial charge in [-0.1, -0.05) is 54.1 Å². The Kier molecular flexibility index (Phi) is 4.93. The van der Waals surface area contributed by atoms with Gasteiger partial charge in [0.1, 0.15) is 0 Å². The molecule has 0 aromatic heterocycles. The molecule has 0 unspecified atom stereocenters. The third kappa shape index (κ3) is 3.59. The summed E-state index contributed by atoms with van der Waals surface area (Å²) in [4.78, 5) is 0.442. The lowest BCUT2D eigenvalue weighted by Gasteiger charge is -2.37. The van der Waals surface area contributed by atoms with E-state index in [4.69, 9.17) is 0 Å². The van der Waals surface area contributed by atoms with E-state index < -0.39 is 9.84 Å². The largest absolute Gasteiger partial charge is 0.378 e. The van der Waals surface area contributed by atoms with Crippen molar-refractivity contribution in [1.29, 1.82) is 0 Å². The first-order valence-electron chi connectivity index (χ1n) is 9.40. The second kappa shape index (κ2) is 7.10. The Balaban J connectivity index is 1.73. The number of sulfone groups is 1. The van der Waals surface area contributed by atoms with Gasteiger partial charge in [0.05, 0.1) is 16.7 Å². The van der Waals surface area contributed by atoms with E-state index in [1.165, 1.54) is 5.56 Å². The van der Waals surface area contributed by atoms with Gasteiger partial charge in [0.25, 0.3) is 0 Å². The number of fused-ring (bicyclic) bond motifs is 3. The topological polar surface area (TPSA) is 46.2 Å². The van der Waals surface area contributed by atoms with Crippen molar-refractivity contribution in [3.8, 4) is 0 Å². The summed E-state index contributed by atoms with van der Waals surface area (Å²) in [6, 6.07) is 14.3. The van der Waals surface area contributed by atoms with Gasteiger partial charge in [-0.2, -0.15) is 0 Å². The Hall–Kier alpha value is -1.59. The fourth-order valence-electron chi connectivity index (χ4n) is 4.30. The summed E-state index contributed by atoms with van der Waals surface area (Å²) in [5.74, 6) is 0.959. The first kappa shape index (κ1) is 18.8. The van der Waals surface area contributed by atoms with Crippen LogP contribution >= 0.6 is 15.9 Å². The average molecular weight is 446 g/mol. The lowest BCUT2D eigenvalue weighted by molar-refractivity contribution is 0.425. The molecule has 2 aromatic carbocycles. The fourth-order valence-corrected chi connectivity index (χ4v) is 6.22. The Bertz CT molecular complexity index is 980. The molecule has 142 valence electrons. The van der Waals surface area contributed by atoms with Crippen molar-refractivity contribution in [1.82, 2.24) is 0 Å². The van der Waals surface area contributed by atoms with Crippen LogP contribution in [-0.4, -0.2) is 14.2 Å². The van der Waals surface area contributed by atoms with E-state index in [9.17, 15) is 8.42 Å². The quantitative estimate of drug-likeness (QED) is 0.613. The molecular formula is C22H24BrNO2S. The van der Waals surface area contributed by atoms with Gasteiger partial charge in [-0.05, 0) is 59.7 Å². The maximum absolute atomic E-state index is 12.7. The van der Waals surface area contributed by atoms with Crippen LogP contribution in [0.25, 0.3) is 0 Å². The van der Waals surface area contributed by atoms with Gasteiger partial charge in [0, 0.05) is 16.1 Å². The van der Waals surface area contributed by atoms with Gasteiger partial charge < -0.3 is 5.32 Å². The highest BCUT2D eigenvalue weighted by Gasteiger charge is 2.38. The second-order valence-electron chi connectivity index (χ2n) is 7.95. The molecule has 27 heavy (non-hydrogen) atoms. The van der Waals surface area contributed by atoms with Crippen molar-refractivity contribution >= 4 is 31.5 Å². The SMILES string of the molecule is CC(C)CS(=O)(=O)c1ccc2c(c1)[C@H]1C=CC[C@H]1[C@@H](c1ccc(Br)cc1)N2. The third-order valence-electron chi connectivity index (χ3n) is 5.48. The van der Waals surface area contributed by atoms with Gasteiger partial charge in [0.2, 0.25) is 0 Å². The molecule has 2 aromatic rings. The van der Waals surface area contributed by atoms with Crippen LogP contribution < -0.4 is 5.32 Å². The number of hydrogen-bond acceptors (Lipinski definition) is 3. The molecule has 4 rings (SSSR count). The Labute approximate surface area is 169 Å². The van der Waals surface area contributed by atoms with Crippen molar-refractivity contribution in [2.75, 3.05) is 11.1 Å². The standard InChI is InChI=1S/C22H24BrNO2S/c1-14(2)13-27(25,26)17-10-11-21-20(12-17)18-4-3-5-19(18)22(24-21)15-6-8-16(23)9-7-15/h3-4,6-12,14,18-19,22,24H,5,13H2,1-2H3/t18-,19+,22+/m0/s1. The minimum atomic E-state index is -3.25. The molecule has 1 aliphatic heterocycles. The van der Waals surface area contributed by atoms with E-state index >= 15 is 0 Å². The van der Waals surface area contributed by atoms with E-state index in [-0.39, 0.29) is 23.6 Å². The molecule has 0 amide bonds. The fraction of sp³-hybridized carbons (Fsp3) is 0.364. The summed E-state index contributed by atoms with van der Waals surface area (Å²) in [6.45, 7) is 3.88. The summed E-state index contributed by atoms with van der Waals surface area (Å²) in [6.07, 6.45) is 5.48. The van der Waals surface area contributed by atoms with Gasteiger partial charge in [-0.15, -0.1) is 0 Å². The number of rotatable bonds is 4. The third-order valence-corrected chi connectivity index (χ3v) is 8.08. The van der Waals surface area contributed by atoms with Crippen molar-refractivity contribution < 1.29 is 8.42 Å². The Morgan fingerprint density at radius 2 is 1.89 bits per heavy atom. The van der Waals surface area contributed by atoms with Crippen molar-refractivity contribution in [2.45, 2.75) is 37.1 Å². The van der Waals surface area contributed by atoms with Crippen LogP contribution in [0.3, 0.4) is 0 Å². The molecule has 3 atom stereocenters. The zero-order valence-corrected chi connectivity index (χ0v) is 17.9. The van der Waals surface area contributed by atoms with Crippen molar-refractivity contribution in [3.05, 3.63) is 70.2 Å². The highest BCUT2D eigenvalue weighted by atomic mass is 79.9. The van der Waals surface area contributed by atoms with E-state index in [1.807, 2.05) is 26.0 Å². The zero-order chi connectivity index (χ0) is 19.2. The highest BCUT2D eigenvalue weighted by molar-refractivity contribution is 9.10. The normalized spacial score (nSPS) is 23.8. The van der Waals surface area contributed by atoms with E-state index in [1.54, 1.807) is 6.07 Å². The molecule has 0 saturated heterocycles. The molecule has 5 heteroatoms. The summed E-state index contributed by atoms with van der Waals surface area (Å²) >= 11 is 3.51. The van der Waals surface area contributed by atoms with Gasteiger partial charge >= 0.3 is 0 Å². The molecule has 1 N–H and O–H groups in total. The van der Waals surface area contributed by atoms with Crippen LogP contribution in [0, 0.1) is 11.8 Å². The lowest BCUT2D eigenvalue weighted by Crippen LogP contribution is -2.29. The van der Waals surface area contributed by atoms with Gasteiger partial charge in [-0.25, -0.2) is 8.42 Å². The van der Waals surface area contributed by atoms with Crippen LogP contribution in [0.2, 0.25) is 0 Å². The van der Waals surface area contributed by atoms with E-state index in [0.717, 1.165) is 22.1 Å². The molecular weight excluding hydrogens is 422 g/mol. The predicted octanol–water partition coefficient (Wildman–Crippen LogP) is 5.71. The smallest absolute Gasteiger partial charge is 0.178 e. The van der Waals surface area contributed by atoms with Crippen LogP contribution in [0.5, 0.6) is 0 Å². The van der Waals surface area contributed by atoms with Crippen molar-refractivity contribution in [2.24, 2.45) is 11.8 Å². The lowest BCUT2D eigenvalue weighted by atomic mass is 9.77. The molecule has 2 aliphatic rings. The minimum Gasteiger partial charge on any atom is -0.378 e. The molecule has 1 heterocycles. The molecule has 1 aliphatic carbocycles.